The van der Waals surface area contributed by atoms with E-state index in [1.165, 1.54) is 12.8 Å². The summed E-state index contributed by atoms with van der Waals surface area (Å²) in [4.78, 5) is 25.9. The zero-order valence-electron chi connectivity index (χ0n) is 18.3. The van der Waals surface area contributed by atoms with Crippen molar-refractivity contribution < 1.29 is 9.32 Å². The third-order valence-electron chi connectivity index (χ3n) is 6.43. The van der Waals surface area contributed by atoms with Gasteiger partial charge in [0.25, 0.3) is 0 Å². The lowest BCUT2D eigenvalue weighted by atomic mass is 10.1. The predicted molar refractivity (Wildman–Crippen MR) is 123 cm³/mol. The van der Waals surface area contributed by atoms with Crippen LogP contribution in [0.3, 0.4) is 0 Å². The molecule has 0 atom stereocenters. The molecule has 166 valence electrons. The van der Waals surface area contributed by atoms with Crippen molar-refractivity contribution >= 4 is 17.5 Å². The number of hydrogen-bond donors (Lipinski definition) is 1. The molecule has 1 saturated carbocycles. The van der Waals surface area contributed by atoms with Crippen LogP contribution in [0.4, 0.5) is 16.3 Å². The minimum atomic E-state index is -0.0579. The molecule has 0 spiro atoms. The van der Waals surface area contributed by atoms with Crippen molar-refractivity contribution in [3.05, 3.63) is 54.0 Å². The molecule has 3 heterocycles. The van der Waals surface area contributed by atoms with Gasteiger partial charge in [0.1, 0.15) is 5.82 Å². The van der Waals surface area contributed by atoms with Gasteiger partial charge in [0.05, 0.1) is 0 Å². The summed E-state index contributed by atoms with van der Waals surface area (Å²) in [6, 6.07) is 11.7. The molecule has 0 radical (unpaired) electrons. The highest BCUT2D eigenvalue weighted by Crippen LogP contribution is 2.34. The molecular formula is C24H28N6O2. The number of carbonyl (C=O) groups is 1. The van der Waals surface area contributed by atoms with Crippen LogP contribution in [0, 0.1) is 6.92 Å². The van der Waals surface area contributed by atoms with E-state index in [1.54, 1.807) is 6.20 Å². The van der Waals surface area contributed by atoms with E-state index < -0.39 is 0 Å². The van der Waals surface area contributed by atoms with Crippen molar-refractivity contribution in [2.45, 2.75) is 38.5 Å². The van der Waals surface area contributed by atoms with E-state index in [0.29, 0.717) is 24.8 Å². The van der Waals surface area contributed by atoms with E-state index >= 15 is 0 Å². The molecule has 8 nitrogen and oxygen atoms in total. The van der Waals surface area contributed by atoms with E-state index in [9.17, 15) is 4.79 Å². The van der Waals surface area contributed by atoms with Gasteiger partial charge in [-0.1, -0.05) is 36.2 Å². The van der Waals surface area contributed by atoms with Gasteiger partial charge in [-0.25, -0.2) is 9.78 Å². The number of benzene rings is 1. The Kier molecular flexibility index (Phi) is 5.75. The van der Waals surface area contributed by atoms with Crippen molar-refractivity contribution in [1.82, 2.24) is 20.0 Å². The Balaban J connectivity index is 1.17. The number of nitrogens with zero attached hydrogens (tertiary/aromatic N) is 5. The molecule has 8 heteroatoms. The SMILES string of the molecule is Cc1ccccc1NC(=O)N1CCN(c2ccc(-c3noc(C4CCCC4)n3)cn2)CC1. The number of aryl methyl sites for hydroxylation is 1. The Bertz CT molecular complexity index is 1070. The number of pyridine rings is 1. The summed E-state index contributed by atoms with van der Waals surface area (Å²) < 4.78 is 5.49. The average molecular weight is 433 g/mol. The highest BCUT2D eigenvalue weighted by Gasteiger charge is 2.24. The molecule has 1 aliphatic carbocycles. The normalized spacial score (nSPS) is 17.0. The molecule has 1 saturated heterocycles. The van der Waals surface area contributed by atoms with Gasteiger partial charge in [-0.05, 0) is 43.5 Å². The number of aromatic nitrogens is 3. The van der Waals surface area contributed by atoms with Crippen molar-refractivity contribution in [3.8, 4) is 11.4 Å². The van der Waals surface area contributed by atoms with Crippen molar-refractivity contribution in [1.29, 1.82) is 0 Å². The number of rotatable bonds is 4. The molecule has 2 fully saturated rings. The summed E-state index contributed by atoms with van der Waals surface area (Å²) in [6.45, 7) is 4.77. The number of piperazine rings is 1. The lowest BCUT2D eigenvalue weighted by Crippen LogP contribution is -2.50. The Labute approximate surface area is 187 Å². The summed E-state index contributed by atoms with van der Waals surface area (Å²) in [5.74, 6) is 2.65. The summed E-state index contributed by atoms with van der Waals surface area (Å²) >= 11 is 0. The molecule has 2 aromatic heterocycles. The van der Waals surface area contributed by atoms with Gasteiger partial charge < -0.3 is 19.6 Å². The topological polar surface area (TPSA) is 87.4 Å². The van der Waals surface area contributed by atoms with Gasteiger partial charge in [0, 0.05) is 49.5 Å². The molecule has 2 aliphatic rings. The number of hydrogen-bond acceptors (Lipinski definition) is 6. The van der Waals surface area contributed by atoms with Gasteiger partial charge in [-0.2, -0.15) is 4.98 Å². The lowest BCUT2D eigenvalue weighted by Gasteiger charge is -2.35. The Morgan fingerprint density at radius 2 is 1.84 bits per heavy atom. The molecule has 0 bridgehead atoms. The molecule has 32 heavy (non-hydrogen) atoms. The van der Waals surface area contributed by atoms with E-state index in [1.807, 2.05) is 48.2 Å². The van der Waals surface area contributed by atoms with Crippen LogP contribution in [0.15, 0.2) is 47.1 Å². The lowest BCUT2D eigenvalue weighted by molar-refractivity contribution is 0.208. The molecule has 3 aromatic rings. The first-order valence-electron chi connectivity index (χ1n) is 11.3. The van der Waals surface area contributed by atoms with Crippen LogP contribution >= 0.6 is 0 Å². The fourth-order valence-electron chi connectivity index (χ4n) is 4.44. The number of carbonyl (C=O) groups excluding carboxylic acids is 1. The van der Waals surface area contributed by atoms with Crippen LogP contribution in [0.25, 0.3) is 11.4 Å². The van der Waals surface area contributed by atoms with Crippen LogP contribution in [-0.2, 0) is 0 Å². The maximum Gasteiger partial charge on any atom is 0.321 e. The van der Waals surface area contributed by atoms with Crippen LogP contribution in [0.5, 0.6) is 0 Å². The fourth-order valence-corrected chi connectivity index (χ4v) is 4.44. The van der Waals surface area contributed by atoms with Crippen LogP contribution in [0.1, 0.15) is 43.1 Å². The maximum absolute atomic E-state index is 12.6. The van der Waals surface area contributed by atoms with Gasteiger partial charge in [0.2, 0.25) is 11.7 Å². The summed E-state index contributed by atoms with van der Waals surface area (Å²) in [5, 5.41) is 7.16. The van der Waals surface area contributed by atoms with E-state index in [4.69, 9.17) is 4.52 Å². The van der Waals surface area contributed by atoms with Gasteiger partial charge in [0.15, 0.2) is 0 Å². The molecule has 1 aliphatic heterocycles. The monoisotopic (exact) mass is 432 g/mol. The Morgan fingerprint density at radius 1 is 1.06 bits per heavy atom. The van der Waals surface area contributed by atoms with Crippen molar-refractivity contribution in [3.63, 3.8) is 0 Å². The zero-order chi connectivity index (χ0) is 21.9. The predicted octanol–water partition coefficient (Wildman–Crippen LogP) is 4.45. The second-order valence-corrected chi connectivity index (χ2v) is 8.56. The Morgan fingerprint density at radius 3 is 2.56 bits per heavy atom. The van der Waals surface area contributed by atoms with Crippen LogP contribution < -0.4 is 10.2 Å². The smallest absolute Gasteiger partial charge is 0.321 e. The number of amides is 2. The van der Waals surface area contributed by atoms with Crippen molar-refractivity contribution in [2.75, 3.05) is 36.4 Å². The molecule has 5 rings (SSSR count). The van der Waals surface area contributed by atoms with E-state index in [0.717, 1.165) is 54.5 Å². The molecule has 2 amide bonds. The second-order valence-electron chi connectivity index (χ2n) is 8.56. The zero-order valence-corrected chi connectivity index (χ0v) is 18.3. The molecule has 1 aromatic carbocycles. The van der Waals surface area contributed by atoms with Gasteiger partial charge in [-0.3, -0.25) is 0 Å². The first-order chi connectivity index (χ1) is 15.7. The molecule has 0 unspecified atom stereocenters. The summed E-state index contributed by atoms with van der Waals surface area (Å²) in [7, 11) is 0. The number of anilines is 2. The number of para-hydroxylation sites is 1. The first kappa shape index (κ1) is 20.5. The van der Waals surface area contributed by atoms with E-state index in [-0.39, 0.29) is 6.03 Å². The minimum absolute atomic E-state index is 0.0579. The third kappa shape index (κ3) is 4.30. The molecular weight excluding hydrogens is 404 g/mol. The highest BCUT2D eigenvalue weighted by atomic mass is 16.5. The van der Waals surface area contributed by atoms with E-state index in [2.05, 4.69) is 25.3 Å². The van der Waals surface area contributed by atoms with Crippen molar-refractivity contribution in [2.24, 2.45) is 0 Å². The van der Waals surface area contributed by atoms with Gasteiger partial charge >= 0.3 is 6.03 Å². The standard InChI is InChI=1S/C24H28N6O2/c1-17-6-2-5-9-20(17)26-24(31)30-14-12-29(13-15-30)21-11-10-19(16-25-21)22-27-23(32-28-22)18-7-3-4-8-18/h2,5-6,9-11,16,18H,3-4,7-8,12-15H2,1H3,(H,26,31). The van der Waals surface area contributed by atoms with Crippen LogP contribution in [0.2, 0.25) is 0 Å². The van der Waals surface area contributed by atoms with Gasteiger partial charge in [-0.15, -0.1) is 0 Å². The summed E-state index contributed by atoms with van der Waals surface area (Å²) in [5.41, 5.74) is 2.77. The maximum atomic E-state index is 12.6. The fraction of sp³-hybridized carbons (Fsp3) is 0.417. The second kappa shape index (κ2) is 8.98. The quantitative estimate of drug-likeness (QED) is 0.655. The number of nitrogens with one attached hydrogen (secondary N) is 1. The summed E-state index contributed by atoms with van der Waals surface area (Å²) in [6.07, 6.45) is 6.54. The largest absolute Gasteiger partial charge is 0.353 e. The third-order valence-corrected chi connectivity index (χ3v) is 6.43. The number of urea groups is 1. The highest BCUT2D eigenvalue weighted by molar-refractivity contribution is 5.90. The molecule has 1 N–H and O–H groups in total. The van der Waals surface area contributed by atoms with Crippen LogP contribution in [-0.4, -0.2) is 52.2 Å². The Hall–Kier alpha value is -3.42. The minimum Gasteiger partial charge on any atom is -0.353 e. The average Bonchev–Trinajstić information content (AvgIpc) is 3.53. The first-order valence-corrected chi connectivity index (χ1v) is 11.3.